The van der Waals surface area contributed by atoms with Crippen LogP contribution in [0.1, 0.15) is 19.5 Å². The first kappa shape index (κ1) is 10.6. The first-order valence-electron chi connectivity index (χ1n) is 4.64. The highest BCUT2D eigenvalue weighted by molar-refractivity contribution is 5.80. The van der Waals surface area contributed by atoms with E-state index in [-0.39, 0.29) is 5.82 Å². The van der Waals surface area contributed by atoms with Gasteiger partial charge in [-0.15, -0.1) is 0 Å². The summed E-state index contributed by atoms with van der Waals surface area (Å²) in [6.45, 7) is 5.84. The van der Waals surface area contributed by atoms with Crippen LogP contribution in [0.25, 0.3) is 10.9 Å². The number of rotatable bonds is 0. The van der Waals surface area contributed by atoms with Gasteiger partial charge in [0.2, 0.25) is 0 Å². The van der Waals surface area contributed by atoms with E-state index in [4.69, 9.17) is 0 Å². The minimum atomic E-state index is -0.250. The van der Waals surface area contributed by atoms with Gasteiger partial charge in [-0.05, 0) is 25.1 Å². The van der Waals surface area contributed by atoms with Gasteiger partial charge in [0.25, 0.3) is 0 Å². The van der Waals surface area contributed by atoms with E-state index in [0.29, 0.717) is 0 Å². The minimum Gasteiger partial charge on any atom is -0.241 e. The molecule has 0 spiro atoms. The molecule has 0 atom stereocenters. The molecular formula is C11H13FN2. The van der Waals surface area contributed by atoms with E-state index in [1.807, 2.05) is 20.8 Å². The van der Waals surface area contributed by atoms with Crippen LogP contribution in [0.5, 0.6) is 0 Å². The summed E-state index contributed by atoms with van der Waals surface area (Å²) in [6, 6.07) is 4.50. The molecule has 1 heterocycles. The highest BCUT2D eigenvalue weighted by Crippen LogP contribution is 2.14. The summed E-state index contributed by atoms with van der Waals surface area (Å²) in [4.78, 5) is 7.98. The minimum absolute atomic E-state index is 0.250. The van der Waals surface area contributed by atoms with Gasteiger partial charge in [0.05, 0.1) is 5.52 Å². The molecule has 0 aliphatic heterocycles. The number of hydrogen-bond donors (Lipinski definition) is 0. The van der Waals surface area contributed by atoms with E-state index in [1.165, 1.54) is 18.5 Å². The molecule has 2 aromatic rings. The molecule has 0 saturated carbocycles. The normalized spacial score (nSPS) is 9.43. The van der Waals surface area contributed by atoms with Crippen LogP contribution in [0, 0.1) is 12.7 Å². The number of halogens is 1. The Labute approximate surface area is 82.8 Å². The van der Waals surface area contributed by atoms with Crippen molar-refractivity contribution in [1.82, 2.24) is 9.97 Å². The van der Waals surface area contributed by atoms with Gasteiger partial charge in [-0.3, -0.25) is 0 Å². The number of hydrogen-bond acceptors (Lipinski definition) is 2. The van der Waals surface area contributed by atoms with Crippen LogP contribution in [-0.4, -0.2) is 9.97 Å². The molecule has 2 nitrogen and oxygen atoms in total. The first-order chi connectivity index (χ1) is 6.77. The molecule has 1 aromatic carbocycles. The molecule has 0 aliphatic carbocycles. The molecule has 14 heavy (non-hydrogen) atoms. The van der Waals surface area contributed by atoms with Crippen LogP contribution in [0.4, 0.5) is 4.39 Å². The molecular weight excluding hydrogens is 179 g/mol. The van der Waals surface area contributed by atoms with Crippen molar-refractivity contribution in [1.29, 1.82) is 0 Å². The van der Waals surface area contributed by atoms with Gasteiger partial charge < -0.3 is 0 Å². The summed E-state index contributed by atoms with van der Waals surface area (Å²) >= 11 is 0. The smallest absolute Gasteiger partial charge is 0.124 e. The molecule has 74 valence electrons. The maximum Gasteiger partial charge on any atom is 0.124 e. The lowest BCUT2D eigenvalue weighted by atomic mass is 10.2. The van der Waals surface area contributed by atoms with Gasteiger partial charge in [0.15, 0.2) is 0 Å². The molecule has 1 aromatic heterocycles. The Morgan fingerprint density at radius 2 is 1.86 bits per heavy atom. The van der Waals surface area contributed by atoms with Crippen LogP contribution in [-0.2, 0) is 0 Å². The second-order valence-electron chi connectivity index (χ2n) is 2.62. The van der Waals surface area contributed by atoms with Crippen molar-refractivity contribution in [3.05, 3.63) is 36.0 Å². The maximum atomic E-state index is 12.8. The predicted octanol–water partition coefficient (Wildman–Crippen LogP) is 3.10. The molecule has 0 bridgehead atoms. The fourth-order valence-corrected chi connectivity index (χ4v) is 1.16. The second kappa shape index (κ2) is 4.65. The summed E-state index contributed by atoms with van der Waals surface area (Å²) in [7, 11) is 0. The number of fused-ring (bicyclic) bond motifs is 1. The van der Waals surface area contributed by atoms with Gasteiger partial charge in [0.1, 0.15) is 12.1 Å². The van der Waals surface area contributed by atoms with Gasteiger partial charge in [-0.1, -0.05) is 13.8 Å². The van der Waals surface area contributed by atoms with Crippen molar-refractivity contribution in [2.24, 2.45) is 0 Å². The third-order valence-corrected chi connectivity index (χ3v) is 1.80. The van der Waals surface area contributed by atoms with Crippen LogP contribution >= 0.6 is 0 Å². The molecule has 0 fully saturated rings. The number of aryl methyl sites for hydroxylation is 1. The van der Waals surface area contributed by atoms with E-state index >= 15 is 0 Å². The zero-order chi connectivity index (χ0) is 10.6. The number of aromatic nitrogens is 2. The van der Waals surface area contributed by atoms with Crippen molar-refractivity contribution in [3.8, 4) is 0 Å². The van der Waals surface area contributed by atoms with Crippen LogP contribution in [0.15, 0.2) is 24.5 Å². The van der Waals surface area contributed by atoms with E-state index in [1.54, 1.807) is 6.07 Å². The fourth-order valence-electron chi connectivity index (χ4n) is 1.16. The van der Waals surface area contributed by atoms with Crippen molar-refractivity contribution < 1.29 is 4.39 Å². The zero-order valence-electron chi connectivity index (χ0n) is 8.58. The van der Waals surface area contributed by atoms with Crippen molar-refractivity contribution >= 4 is 10.9 Å². The van der Waals surface area contributed by atoms with Gasteiger partial charge >= 0.3 is 0 Å². The summed E-state index contributed by atoms with van der Waals surface area (Å²) in [5.41, 5.74) is 1.59. The van der Waals surface area contributed by atoms with Crippen molar-refractivity contribution in [2.75, 3.05) is 0 Å². The largest absolute Gasteiger partial charge is 0.241 e. The van der Waals surface area contributed by atoms with Crippen molar-refractivity contribution in [2.45, 2.75) is 20.8 Å². The van der Waals surface area contributed by atoms with Crippen molar-refractivity contribution in [3.63, 3.8) is 0 Å². The molecule has 0 aliphatic rings. The van der Waals surface area contributed by atoms with Gasteiger partial charge in [0, 0.05) is 11.1 Å². The number of benzene rings is 1. The quantitative estimate of drug-likeness (QED) is 0.641. The predicted molar refractivity (Wildman–Crippen MR) is 55.6 cm³/mol. The molecule has 0 unspecified atom stereocenters. The van der Waals surface area contributed by atoms with Gasteiger partial charge in [-0.2, -0.15) is 0 Å². The van der Waals surface area contributed by atoms with E-state index in [2.05, 4.69) is 9.97 Å². The second-order valence-corrected chi connectivity index (χ2v) is 2.62. The zero-order valence-corrected chi connectivity index (χ0v) is 8.58. The Morgan fingerprint density at radius 1 is 1.14 bits per heavy atom. The lowest BCUT2D eigenvalue weighted by Crippen LogP contribution is -1.87. The standard InChI is InChI=1S/C9H7FN2.C2H6/c1-6-8-4-7(10)2-3-9(8)12-5-11-6;1-2/h2-5H,1H3;1-2H3. The Kier molecular flexibility index (Phi) is 3.51. The molecule has 0 saturated heterocycles. The van der Waals surface area contributed by atoms with E-state index < -0.39 is 0 Å². The summed E-state index contributed by atoms with van der Waals surface area (Å²) in [5, 5.41) is 0.775. The average Bonchev–Trinajstić information content (AvgIpc) is 2.22. The Balaban J connectivity index is 0.000000461. The lowest BCUT2D eigenvalue weighted by Gasteiger charge is -1.98. The summed E-state index contributed by atoms with van der Waals surface area (Å²) < 4.78 is 12.8. The SMILES string of the molecule is CC.Cc1ncnc2ccc(F)cc12. The lowest BCUT2D eigenvalue weighted by molar-refractivity contribution is 0.629. The van der Waals surface area contributed by atoms with Crippen LogP contribution in [0.2, 0.25) is 0 Å². The van der Waals surface area contributed by atoms with Crippen LogP contribution < -0.4 is 0 Å². The highest BCUT2D eigenvalue weighted by Gasteiger charge is 1.99. The Hall–Kier alpha value is -1.51. The molecule has 0 amide bonds. The summed E-state index contributed by atoms with van der Waals surface area (Å²) in [6.07, 6.45) is 1.48. The fraction of sp³-hybridized carbons (Fsp3) is 0.273. The van der Waals surface area contributed by atoms with Gasteiger partial charge in [-0.25, -0.2) is 14.4 Å². The third kappa shape index (κ3) is 2.05. The topological polar surface area (TPSA) is 25.8 Å². The monoisotopic (exact) mass is 192 g/mol. The average molecular weight is 192 g/mol. The molecule has 0 radical (unpaired) electrons. The maximum absolute atomic E-state index is 12.8. The molecule has 3 heteroatoms. The van der Waals surface area contributed by atoms with Crippen LogP contribution in [0.3, 0.4) is 0 Å². The summed E-state index contributed by atoms with van der Waals surface area (Å²) in [5.74, 6) is -0.250. The first-order valence-corrected chi connectivity index (χ1v) is 4.64. The third-order valence-electron chi connectivity index (χ3n) is 1.80. The molecule has 2 rings (SSSR count). The van der Waals surface area contributed by atoms with E-state index in [9.17, 15) is 4.39 Å². The van der Waals surface area contributed by atoms with E-state index in [0.717, 1.165) is 16.6 Å². The molecule has 0 N–H and O–H groups in total. The Bertz CT molecular complexity index is 427. The Morgan fingerprint density at radius 3 is 2.57 bits per heavy atom. The highest BCUT2D eigenvalue weighted by atomic mass is 19.1. The number of nitrogens with zero attached hydrogens (tertiary/aromatic N) is 2.